The van der Waals surface area contributed by atoms with Crippen LogP contribution in [-0.4, -0.2) is 15.1 Å². The average molecular weight is 278 g/mol. The first-order chi connectivity index (χ1) is 8.87. The van der Waals surface area contributed by atoms with E-state index in [2.05, 4.69) is 37.1 Å². The number of nitrogens with zero attached hydrogens (tertiary/aromatic N) is 2. The summed E-state index contributed by atoms with van der Waals surface area (Å²) in [6.07, 6.45) is 3.67. The van der Waals surface area contributed by atoms with E-state index in [0.29, 0.717) is 0 Å². The number of rotatable bonds is 3. The summed E-state index contributed by atoms with van der Waals surface area (Å²) in [7, 11) is 0. The van der Waals surface area contributed by atoms with Crippen molar-refractivity contribution in [3.05, 3.63) is 47.0 Å². The summed E-state index contributed by atoms with van der Waals surface area (Å²) >= 11 is 6.31. The van der Waals surface area contributed by atoms with Gasteiger partial charge >= 0.3 is 0 Å². The summed E-state index contributed by atoms with van der Waals surface area (Å²) in [4.78, 5) is 4.23. The zero-order chi connectivity index (χ0) is 14.0. The predicted octanol–water partition coefficient (Wildman–Crippen LogP) is 3.72. The van der Waals surface area contributed by atoms with Crippen molar-refractivity contribution in [2.24, 2.45) is 0 Å². The third-order valence-electron chi connectivity index (χ3n) is 2.88. The van der Waals surface area contributed by atoms with Crippen molar-refractivity contribution in [3.8, 4) is 5.69 Å². The van der Waals surface area contributed by atoms with E-state index in [1.165, 1.54) is 0 Å². The van der Waals surface area contributed by atoms with E-state index in [9.17, 15) is 0 Å². The molecule has 0 aliphatic rings. The zero-order valence-electron chi connectivity index (χ0n) is 11.9. The lowest BCUT2D eigenvalue weighted by Gasteiger charge is -2.21. The molecule has 0 unspecified atom stereocenters. The fourth-order valence-electron chi connectivity index (χ4n) is 1.83. The van der Waals surface area contributed by atoms with Gasteiger partial charge in [-0.15, -0.1) is 0 Å². The smallest absolute Gasteiger partial charge is 0.0995 e. The molecule has 19 heavy (non-hydrogen) atoms. The quantitative estimate of drug-likeness (QED) is 0.927. The van der Waals surface area contributed by atoms with Gasteiger partial charge in [0.15, 0.2) is 0 Å². The monoisotopic (exact) mass is 277 g/mol. The van der Waals surface area contributed by atoms with Gasteiger partial charge in [-0.3, -0.25) is 0 Å². The Balaban J connectivity index is 2.28. The molecule has 1 N–H and O–H groups in total. The summed E-state index contributed by atoms with van der Waals surface area (Å²) < 4.78 is 2.03. The van der Waals surface area contributed by atoms with Crippen LogP contribution < -0.4 is 5.32 Å². The predicted molar refractivity (Wildman–Crippen MR) is 79.9 cm³/mol. The van der Waals surface area contributed by atoms with Crippen LogP contribution in [0.3, 0.4) is 0 Å². The Kier molecular flexibility index (Phi) is 3.97. The molecule has 0 radical (unpaired) electrons. The van der Waals surface area contributed by atoms with Crippen LogP contribution in [0.25, 0.3) is 5.69 Å². The molecule has 0 aliphatic heterocycles. The lowest BCUT2D eigenvalue weighted by atomic mass is 10.1. The van der Waals surface area contributed by atoms with Gasteiger partial charge in [0.25, 0.3) is 0 Å². The molecule has 0 amide bonds. The standard InChI is InChI=1S/C15H20ClN3/c1-11-5-6-14(13(16)7-11)19-10-17-8-12(19)9-18-15(2,3)4/h5-8,10,18H,9H2,1-4H3. The van der Waals surface area contributed by atoms with Gasteiger partial charge < -0.3 is 9.88 Å². The Morgan fingerprint density at radius 1 is 1.32 bits per heavy atom. The number of aryl methyl sites for hydroxylation is 1. The van der Waals surface area contributed by atoms with Crippen LogP contribution in [0.4, 0.5) is 0 Å². The van der Waals surface area contributed by atoms with Gasteiger partial charge in [-0.1, -0.05) is 17.7 Å². The van der Waals surface area contributed by atoms with Crippen molar-refractivity contribution in [3.63, 3.8) is 0 Å². The molecule has 4 heteroatoms. The van der Waals surface area contributed by atoms with Gasteiger partial charge in [0.1, 0.15) is 0 Å². The van der Waals surface area contributed by atoms with Crippen LogP contribution in [-0.2, 0) is 6.54 Å². The lowest BCUT2D eigenvalue weighted by Crippen LogP contribution is -2.35. The van der Waals surface area contributed by atoms with E-state index in [1.807, 2.05) is 29.8 Å². The maximum absolute atomic E-state index is 6.31. The molecule has 1 heterocycles. The van der Waals surface area contributed by atoms with Crippen molar-refractivity contribution in [2.75, 3.05) is 0 Å². The Morgan fingerprint density at radius 2 is 2.05 bits per heavy atom. The minimum atomic E-state index is 0.0756. The van der Waals surface area contributed by atoms with Crippen LogP contribution in [0, 0.1) is 6.92 Å². The number of benzene rings is 1. The molecular formula is C15H20ClN3. The van der Waals surface area contributed by atoms with Gasteiger partial charge in [-0.05, 0) is 45.4 Å². The first-order valence-corrected chi connectivity index (χ1v) is 6.77. The minimum absolute atomic E-state index is 0.0756. The third-order valence-corrected chi connectivity index (χ3v) is 3.18. The van der Waals surface area contributed by atoms with Crippen LogP contribution in [0.5, 0.6) is 0 Å². The van der Waals surface area contributed by atoms with E-state index in [1.54, 1.807) is 6.33 Å². The molecule has 0 fully saturated rings. The second-order valence-electron chi connectivity index (χ2n) is 5.81. The van der Waals surface area contributed by atoms with Crippen LogP contribution in [0.2, 0.25) is 5.02 Å². The number of aromatic nitrogens is 2. The summed E-state index contributed by atoms with van der Waals surface area (Å²) in [5.41, 5.74) is 3.30. The first kappa shape index (κ1) is 14.1. The highest BCUT2D eigenvalue weighted by atomic mass is 35.5. The molecule has 2 aromatic rings. The van der Waals surface area contributed by atoms with Gasteiger partial charge in [-0.25, -0.2) is 4.98 Å². The highest BCUT2D eigenvalue weighted by Crippen LogP contribution is 2.23. The number of halogens is 1. The number of imidazole rings is 1. The van der Waals surface area contributed by atoms with Gasteiger partial charge in [0.2, 0.25) is 0 Å². The van der Waals surface area contributed by atoms with E-state index in [0.717, 1.165) is 28.5 Å². The molecule has 2 rings (SSSR count). The number of nitrogens with one attached hydrogen (secondary N) is 1. The van der Waals surface area contributed by atoms with E-state index < -0.39 is 0 Å². The van der Waals surface area contributed by atoms with Crippen molar-refractivity contribution in [1.82, 2.24) is 14.9 Å². The maximum Gasteiger partial charge on any atom is 0.0995 e. The highest BCUT2D eigenvalue weighted by Gasteiger charge is 2.12. The molecule has 0 aliphatic carbocycles. The molecular weight excluding hydrogens is 258 g/mol. The SMILES string of the molecule is Cc1ccc(-n2cncc2CNC(C)(C)C)c(Cl)c1. The maximum atomic E-state index is 6.31. The summed E-state index contributed by atoms with van der Waals surface area (Å²) in [5, 5.41) is 4.21. The molecule has 102 valence electrons. The molecule has 1 aromatic heterocycles. The van der Waals surface area contributed by atoms with Crippen LogP contribution in [0.1, 0.15) is 32.0 Å². The van der Waals surface area contributed by atoms with E-state index in [4.69, 9.17) is 11.6 Å². The Hall–Kier alpha value is -1.32. The molecule has 0 saturated heterocycles. The molecule has 3 nitrogen and oxygen atoms in total. The lowest BCUT2D eigenvalue weighted by molar-refractivity contribution is 0.419. The summed E-state index contributed by atoms with van der Waals surface area (Å²) in [5.74, 6) is 0. The van der Waals surface area contributed by atoms with Crippen molar-refractivity contribution in [2.45, 2.75) is 39.8 Å². The zero-order valence-corrected chi connectivity index (χ0v) is 12.6. The van der Waals surface area contributed by atoms with E-state index >= 15 is 0 Å². The molecule has 0 saturated carbocycles. The number of hydrogen-bond acceptors (Lipinski definition) is 2. The molecule has 1 aromatic carbocycles. The highest BCUT2D eigenvalue weighted by molar-refractivity contribution is 6.32. The fraction of sp³-hybridized carbons (Fsp3) is 0.400. The molecule has 0 spiro atoms. The van der Waals surface area contributed by atoms with Crippen LogP contribution in [0.15, 0.2) is 30.7 Å². The van der Waals surface area contributed by atoms with E-state index in [-0.39, 0.29) is 5.54 Å². The number of hydrogen-bond donors (Lipinski definition) is 1. The summed E-state index contributed by atoms with van der Waals surface area (Å²) in [6, 6.07) is 6.06. The Morgan fingerprint density at radius 3 is 2.68 bits per heavy atom. The van der Waals surface area contributed by atoms with Gasteiger partial charge in [-0.2, -0.15) is 0 Å². The fourth-order valence-corrected chi connectivity index (χ4v) is 2.16. The van der Waals surface area contributed by atoms with Gasteiger partial charge in [0.05, 0.1) is 22.7 Å². The van der Waals surface area contributed by atoms with Gasteiger partial charge in [0, 0.05) is 18.3 Å². The van der Waals surface area contributed by atoms with Crippen molar-refractivity contribution < 1.29 is 0 Å². The Bertz CT molecular complexity index is 567. The minimum Gasteiger partial charge on any atom is -0.306 e. The van der Waals surface area contributed by atoms with Crippen molar-refractivity contribution in [1.29, 1.82) is 0 Å². The first-order valence-electron chi connectivity index (χ1n) is 6.39. The van der Waals surface area contributed by atoms with Crippen LogP contribution >= 0.6 is 11.6 Å². The average Bonchev–Trinajstić information content (AvgIpc) is 2.73. The second kappa shape index (κ2) is 5.35. The summed E-state index contributed by atoms with van der Waals surface area (Å²) in [6.45, 7) is 9.23. The molecule has 0 atom stereocenters. The normalized spacial score (nSPS) is 11.8. The van der Waals surface area contributed by atoms with Crippen molar-refractivity contribution >= 4 is 11.6 Å². The topological polar surface area (TPSA) is 29.9 Å². The molecule has 0 bridgehead atoms. The third kappa shape index (κ3) is 3.58. The Labute approximate surface area is 119 Å². The largest absolute Gasteiger partial charge is 0.306 e. The second-order valence-corrected chi connectivity index (χ2v) is 6.22.